The minimum absolute atomic E-state index is 0.170. The molecule has 0 radical (unpaired) electrons. The number of halogens is 1. The fraction of sp³-hybridized carbons (Fsp3) is 0.417. The molecular formula is C12H18ClN3O. The number of nitrogens with zero attached hydrogens (tertiary/aromatic N) is 1. The zero-order valence-electron chi connectivity index (χ0n) is 9.95. The summed E-state index contributed by atoms with van der Waals surface area (Å²) in [4.78, 5) is 12.9. The van der Waals surface area contributed by atoms with Crippen LogP contribution >= 0.6 is 11.6 Å². The van der Waals surface area contributed by atoms with E-state index in [2.05, 4.69) is 6.92 Å². The summed E-state index contributed by atoms with van der Waals surface area (Å²) in [6.07, 6.45) is 2.02. The molecule has 4 N–H and O–H groups in total. The third-order valence-corrected chi connectivity index (χ3v) is 2.74. The van der Waals surface area contributed by atoms with Gasteiger partial charge in [-0.15, -0.1) is 0 Å². The Labute approximate surface area is 107 Å². The van der Waals surface area contributed by atoms with Gasteiger partial charge in [0.15, 0.2) is 0 Å². The van der Waals surface area contributed by atoms with Crippen LogP contribution in [0.2, 0.25) is 5.02 Å². The monoisotopic (exact) mass is 255 g/mol. The first-order valence-electron chi connectivity index (χ1n) is 5.63. The van der Waals surface area contributed by atoms with Gasteiger partial charge in [0.25, 0.3) is 0 Å². The maximum Gasteiger partial charge on any atom is 0.236 e. The van der Waals surface area contributed by atoms with Crippen molar-refractivity contribution >= 4 is 28.9 Å². The fourth-order valence-electron chi connectivity index (χ4n) is 1.60. The van der Waals surface area contributed by atoms with E-state index >= 15 is 0 Å². The average Bonchev–Trinajstić information content (AvgIpc) is 2.24. The highest BCUT2D eigenvalue weighted by molar-refractivity contribution is 6.33. The smallest absolute Gasteiger partial charge is 0.236 e. The first-order chi connectivity index (χ1) is 8.04. The minimum atomic E-state index is -0.367. The highest BCUT2D eigenvalue weighted by Gasteiger charge is 2.12. The molecule has 0 spiro atoms. The van der Waals surface area contributed by atoms with Gasteiger partial charge in [-0.3, -0.25) is 4.79 Å². The van der Waals surface area contributed by atoms with Crippen molar-refractivity contribution in [2.45, 2.75) is 19.8 Å². The van der Waals surface area contributed by atoms with Crippen LogP contribution in [-0.2, 0) is 4.79 Å². The van der Waals surface area contributed by atoms with Crippen LogP contribution in [0.3, 0.4) is 0 Å². The number of nitrogen functional groups attached to an aromatic ring is 1. The maximum absolute atomic E-state index is 11.0. The number of benzene rings is 1. The van der Waals surface area contributed by atoms with Crippen molar-refractivity contribution in [3.8, 4) is 0 Å². The van der Waals surface area contributed by atoms with Crippen molar-refractivity contribution in [3.63, 3.8) is 0 Å². The number of hydrogen-bond donors (Lipinski definition) is 2. The minimum Gasteiger partial charge on any atom is -0.399 e. The van der Waals surface area contributed by atoms with E-state index in [9.17, 15) is 4.79 Å². The number of nitrogens with two attached hydrogens (primary N) is 2. The number of primary amides is 1. The van der Waals surface area contributed by atoms with Crippen molar-refractivity contribution in [1.29, 1.82) is 0 Å². The van der Waals surface area contributed by atoms with Crippen molar-refractivity contribution in [2.75, 3.05) is 23.7 Å². The van der Waals surface area contributed by atoms with E-state index in [0.29, 0.717) is 10.7 Å². The normalized spacial score (nSPS) is 10.2. The lowest BCUT2D eigenvalue weighted by molar-refractivity contribution is -0.116. The van der Waals surface area contributed by atoms with E-state index in [0.717, 1.165) is 25.1 Å². The quantitative estimate of drug-likeness (QED) is 0.764. The molecule has 0 aliphatic carbocycles. The summed E-state index contributed by atoms with van der Waals surface area (Å²) in [5, 5.41) is 0.544. The molecule has 0 saturated heterocycles. The highest BCUT2D eigenvalue weighted by atomic mass is 35.5. The molecule has 1 aromatic carbocycles. The van der Waals surface area contributed by atoms with Gasteiger partial charge in [0.1, 0.15) is 0 Å². The lowest BCUT2D eigenvalue weighted by atomic mass is 10.2. The highest BCUT2D eigenvalue weighted by Crippen LogP contribution is 2.27. The zero-order chi connectivity index (χ0) is 12.8. The number of anilines is 2. The Balaban J connectivity index is 2.90. The second-order valence-electron chi connectivity index (χ2n) is 3.95. The van der Waals surface area contributed by atoms with Crippen LogP contribution in [0.25, 0.3) is 0 Å². The van der Waals surface area contributed by atoms with E-state index in [1.54, 1.807) is 12.1 Å². The van der Waals surface area contributed by atoms with Crippen LogP contribution in [0.1, 0.15) is 19.8 Å². The first kappa shape index (κ1) is 13.6. The number of rotatable bonds is 6. The van der Waals surface area contributed by atoms with Gasteiger partial charge in [-0.2, -0.15) is 0 Å². The summed E-state index contributed by atoms with van der Waals surface area (Å²) >= 11 is 6.11. The van der Waals surface area contributed by atoms with Crippen molar-refractivity contribution in [1.82, 2.24) is 0 Å². The van der Waals surface area contributed by atoms with Crippen LogP contribution in [-0.4, -0.2) is 19.0 Å². The topological polar surface area (TPSA) is 72.3 Å². The summed E-state index contributed by atoms with van der Waals surface area (Å²) < 4.78 is 0. The molecule has 94 valence electrons. The van der Waals surface area contributed by atoms with Crippen LogP contribution in [0.4, 0.5) is 11.4 Å². The van der Waals surface area contributed by atoms with Gasteiger partial charge in [0.2, 0.25) is 5.91 Å². The molecule has 0 atom stereocenters. The molecule has 1 rings (SSSR count). The van der Waals surface area contributed by atoms with Gasteiger partial charge < -0.3 is 16.4 Å². The predicted molar refractivity (Wildman–Crippen MR) is 72.2 cm³/mol. The summed E-state index contributed by atoms with van der Waals surface area (Å²) in [6, 6.07) is 5.26. The average molecular weight is 256 g/mol. The number of carbonyl (C=O) groups excluding carboxylic acids is 1. The number of unbranched alkanes of at least 4 members (excludes halogenated alkanes) is 1. The summed E-state index contributed by atoms with van der Waals surface area (Å²) in [7, 11) is 0. The van der Waals surface area contributed by atoms with Crippen LogP contribution in [0, 0.1) is 0 Å². The summed E-state index contributed by atoms with van der Waals surface area (Å²) in [6.45, 7) is 3.01. The van der Waals surface area contributed by atoms with Gasteiger partial charge >= 0.3 is 0 Å². The lowest BCUT2D eigenvalue weighted by Crippen LogP contribution is -2.34. The SMILES string of the molecule is CCCCN(CC(N)=O)c1ccc(N)cc1Cl. The molecule has 5 heteroatoms. The Hall–Kier alpha value is -1.42. The van der Waals surface area contributed by atoms with E-state index in [-0.39, 0.29) is 12.5 Å². The molecular weight excluding hydrogens is 238 g/mol. The Morgan fingerprint density at radius 1 is 1.47 bits per heavy atom. The largest absolute Gasteiger partial charge is 0.399 e. The van der Waals surface area contributed by atoms with E-state index in [4.69, 9.17) is 23.1 Å². The molecule has 4 nitrogen and oxygen atoms in total. The Bertz CT molecular complexity index is 395. The first-order valence-corrected chi connectivity index (χ1v) is 6.00. The molecule has 17 heavy (non-hydrogen) atoms. The maximum atomic E-state index is 11.0. The van der Waals surface area contributed by atoms with Gasteiger partial charge in [-0.25, -0.2) is 0 Å². The number of carbonyl (C=O) groups is 1. The Morgan fingerprint density at radius 2 is 2.18 bits per heavy atom. The molecule has 0 saturated carbocycles. The second-order valence-corrected chi connectivity index (χ2v) is 4.36. The molecule has 0 fully saturated rings. The van der Waals surface area contributed by atoms with Gasteiger partial charge in [-0.1, -0.05) is 24.9 Å². The molecule has 0 unspecified atom stereocenters. The van der Waals surface area contributed by atoms with E-state index in [1.165, 1.54) is 0 Å². The molecule has 0 aliphatic heterocycles. The van der Waals surface area contributed by atoms with E-state index in [1.807, 2.05) is 11.0 Å². The molecule has 0 aliphatic rings. The summed E-state index contributed by atoms with van der Waals surface area (Å²) in [5.41, 5.74) is 12.3. The van der Waals surface area contributed by atoms with Crippen LogP contribution in [0.5, 0.6) is 0 Å². The number of amides is 1. The fourth-order valence-corrected chi connectivity index (χ4v) is 1.91. The van der Waals surface area contributed by atoms with E-state index < -0.39 is 0 Å². The Kier molecular flexibility index (Phi) is 5.10. The van der Waals surface area contributed by atoms with Crippen molar-refractivity contribution in [2.24, 2.45) is 5.73 Å². The second kappa shape index (κ2) is 6.35. The third kappa shape index (κ3) is 4.15. The van der Waals surface area contributed by atoms with Gasteiger partial charge in [0.05, 0.1) is 17.3 Å². The van der Waals surface area contributed by atoms with Crippen LogP contribution in [0.15, 0.2) is 18.2 Å². The molecule has 1 aromatic rings. The molecule has 0 bridgehead atoms. The van der Waals surface area contributed by atoms with Gasteiger partial charge in [-0.05, 0) is 24.6 Å². The lowest BCUT2D eigenvalue weighted by Gasteiger charge is -2.24. The summed E-state index contributed by atoms with van der Waals surface area (Å²) in [5.74, 6) is -0.367. The Morgan fingerprint density at radius 3 is 2.71 bits per heavy atom. The van der Waals surface area contributed by atoms with Crippen molar-refractivity contribution < 1.29 is 4.79 Å². The number of hydrogen-bond acceptors (Lipinski definition) is 3. The standard InChI is InChI=1S/C12H18ClN3O/c1-2-3-6-16(8-12(15)17)11-5-4-9(14)7-10(11)13/h4-5,7H,2-3,6,8,14H2,1H3,(H2,15,17). The molecule has 0 aromatic heterocycles. The van der Waals surface area contributed by atoms with Crippen molar-refractivity contribution in [3.05, 3.63) is 23.2 Å². The van der Waals surface area contributed by atoms with Gasteiger partial charge in [0, 0.05) is 12.2 Å². The third-order valence-electron chi connectivity index (χ3n) is 2.44. The molecule has 1 amide bonds. The molecule has 0 heterocycles. The predicted octanol–water partition coefficient (Wildman–Crippen LogP) is 2.01. The van der Waals surface area contributed by atoms with Crippen LogP contribution < -0.4 is 16.4 Å². The zero-order valence-corrected chi connectivity index (χ0v) is 10.7.